The molecule has 0 aromatic carbocycles. The Hall–Kier alpha value is -1.14. The highest BCUT2D eigenvalue weighted by molar-refractivity contribution is 5.70. The van der Waals surface area contributed by atoms with Crippen molar-refractivity contribution in [1.29, 1.82) is 0 Å². The topological polar surface area (TPSA) is 71.1 Å². The van der Waals surface area contributed by atoms with Crippen LogP contribution in [0, 0.1) is 0 Å². The van der Waals surface area contributed by atoms with E-state index in [1.165, 1.54) is 116 Å². The lowest BCUT2D eigenvalue weighted by Gasteiger charge is -2.31. The molecule has 0 radical (unpaired) electrons. The number of esters is 2. The molecule has 0 saturated carbocycles. The van der Waals surface area contributed by atoms with E-state index in [-0.39, 0.29) is 24.1 Å². The lowest BCUT2D eigenvalue weighted by atomic mass is 10.00. The Morgan fingerprint density at radius 2 is 0.935 bits per heavy atom. The van der Waals surface area contributed by atoms with Gasteiger partial charge in [-0.05, 0) is 47.0 Å². The molecule has 1 unspecified atom stereocenters. The molecule has 0 rings (SSSR count). The quantitative estimate of drug-likeness (QED) is 0.0508. The zero-order valence-corrected chi connectivity index (χ0v) is 31.8. The molecule has 0 bridgehead atoms. The van der Waals surface area contributed by atoms with Crippen LogP contribution in [-0.4, -0.2) is 49.6 Å². The van der Waals surface area contributed by atoms with Crippen molar-refractivity contribution in [3.05, 3.63) is 0 Å². The fraction of sp³-hybridized carbons (Fsp3) is 0.950. The number of hydrogen-bond donors (Lipinski definition) is 0. The summed E-state index contributed by atoms with van der Waals surface area (Å²) in [5, 5.41) is 0. The minimum atomic E-state index is -0.534. The third kappa shape index (κ3) is 30.2. The summed E-state index contributed by atoms with van der Waals surface area (Å²) in [5.41, 5.74) is -0.798. The van der Waals surface area contributed by atoms with Gasteiger partial charge in [-0.25, -0.2) is 0 Å². The molecule has 0 aliphatic rings. The Balaban J connectivity index is 4.49. The second-order valence-corrected chi connectivity index (χ2v) is 14.9. The van der Waals surface area contributed by atoms with E-state index in [2.05, 4.69) is 13.8 Å². The van der Waals surface area contributed by atoms with Crippen molar-refractivity contribution >= 4 is 11.9 Å². The molecule has 0 saturated heterocycles. The predicted molar refractivity (Wildman–Crippen MR) is 193 cm³/mol. The fourth-order valence-electron chi connectivity index (χ4n) is 5.79. The Kier molecular flexibility index (Phi) is 29.2. The van der Waals surface area contributed by atoms with Crippen molar-refractivity contribution in [3.63, 3.8) is 0 Å². The van der Waals surface area contributed by atoms with Crippen molar-refractivity contribution in [2.24, 2.45) is 0 Å². The molecular weight excluding hydrogens is 576 g/mol. The number of hydrogen-bond acceptors (Lipinski definition) is 6. The van der Waals surface area contributed by atoms with Gasteiger partial charge in [-0.3, -0.25) is 9.59 Å². The first-order valence-corrected chi connectivity index (χ1v) is 19.6. The number of ether oxygens (including phenoxy) is 4. The van der Waals surface area contributed by atoms with Crippen LogP contribution in [0.5, 0.6) is 0 Å². The molecule has 0 amide bonds. The average Bonchev–Trinajstić information content (AvgIpc) is 3.01. The lowest BCUT2D eigenvalue weighted by Crippen LogP contribution is -2.37. The predicted octanol–water partition coefficient (Wildman–Crippen LogP) is 11.8. The maximum absolute atomic E-state index is 12.8. The van der Waals surface area contributed by atoms with Crippen LogP contribution < -0.4 is 0 Å². The smallest absolute Gasteiger partial charge is 0.306 e. The summed E-state index contributed by atoms with van der Waals surface area (Å²) in [6, 6.07) is 0. The molecule has 46 heavy (non-hydrogen) atoms. The highest BCUT2D eigenvalue weighted by Gasteiger charge is 2.29. The standard InChI is InChI=1S/C40H78O6/c1-8-10-12-14-16-18-20-22-24-26-28-30-37(41)44-35-36(34-40(5,6)45-33-32-39(3,4)43-7)46-38(42)31-29-27-25-23-21-19-17-15-13-11-9-2/h36H,8-35H2,1-7H3. The molecule has 0 N–H and O–H groups in total. The third-order valence-electron chi connectivity index (χ3n) is 9.17. The minimum absolute atomic E-state index is 0.0806. The summed E-state index contributed by atoms with van der Waals surface area (Å²) in [6.45, 7) is 13.2. The van der Waals surface area contributed by atoms with E-state index in [4.69, 9.17) is 18.9 Å². The van der Waals surface area contributed by atoms with Gasteiger partial charge in [-0.15, -0.1) is 0 Å². The van der Waals surface area contributed by atoms with E-state index < -0.39 is 11.7 Å². The first-order chi connectivity index (χ1) is 22.0. The van der Waals surface area contributed by atoms with E-state index >= 15 is 0 Å². The van der Waals surface area contributed by atoms with E-state index in [1.54, 1.807) is 7.11 Å². The molecule has 0 heterocycles. The van der Waals surface area contributed by atoms with Gasteiger partial charge < -0.3 is 18.9 Å². The van der Waals surface area contributed by atoms with E-state index in [0.29, 0.717) is 25.9 Å². The number of unbranched alkanes of at least 4 members (excludes halogenated alkanes) is 20. The van der Waals surface area contributed by atoms with Crippen LogP contribution in [0.1, 0.15) is 208 Å². The van der Waals surface area contributed by atoms with Gasteiger partial charge in [-0.2, -0.15) is 0 Å². The summed E-state index contributed by atoms with van der Waals surface area (Å²) < 4.78 is 23.2. The van der Waals surface area contributed by atoms with Gasteiger partial charge >= 0.3 is 11.9 Å². The van der Waals surface area contributed by atoms with Gasteiger partial charge in [0, 0.05) is 26.4 Å². The number of methoxy groups -OCH3 is 1. The van der Waals surface area contributed by atoms with Gasteiger partial charge in [0.15, 0.2) is 0 Å². The lowest BCUT2D eigenvalue weighted by molar-refractivity contribution is -0.164. The molecule has 274 valence electrons. The number of carbonyl (C=O) groups excluding carboxylic acids is 2. The highest BCUT2D eigenvalue weighted by atomic mass is 16.6. The molecule has 6 heteroatoms. The van der Waals surface area contributed by atoms with Gasteiger partial charge in [-0.1, -0.05) is 142 Å². The van der Waals surface area contributed by atoms with Gasteiger partial charge in [0.1, 0.15) is 12.7 Å². The minimum Gasteiger partial charge on any atom is -0.462 e. The largest absolute Gasteiger partial charge is 0.462 e. The first-order valence-electron chi connectivity index (χ1n) is 19.6. The molecule has 0 aliphatic carbocycles. The van der Waals surface area contributed by atoms with Crippen molar-refractivity contribution < 1.29 is 28.5 Å². The molecule has 1 atom stereocenters. The fourth-order valence-corrected chi connectivity index (χ4v) is 5.79. The third-order valence-corrected chi connectivity index (χ3v) is 9.17. The Labute approximate surface area is 286 Å². The summed E-state index contributed by atoms with van der Waals surface area (Å²) in [5.74, 6) is -0.415. The number of rotatable bonds is 34. The van der Waals surface area contributed by atoms with Crippen molar-refractivity contribution in [2.75, 3.05) is 20.3 Å². The second-order valence-electron chi connectivity index (χ2n) is 14.9. The van der Waals surface area contributed by atoms with Crippen LogP contribution in [0.2, 0.25) is 0 Å². The Morgan fingerprint density at radius 1 is 0.543 bits per heavy atom. The molecule has 0 fully saturated rings. The van der Waals surface area contributed by atoms with Gasteiger partial charge in [0.25, 0.3) is 0 Å². The molecule has 0 aromatic heterocycles. The molecule has 6 nitrogen and oxygen atoms in total. The summed E-state index contributed by atoms with van der Waals surface area (Å²) in [4.78, 5) is 25.3. The normalized spacial score (nSPS) is 12.8. The van der Waals surface area contributed by atoms with Gasteiger partial charge in [0.2, 0.25) is 0 Å². The van der Waals surface area contributed by atoms with Crippen molar-refractivity contribution in [3.8, 4) is 0 Å². The van der Waals surface area contributed by atoms with Crippen LogP contribution in [-0.2, 0) is 28.5 Å². The van der Waals surface area contributed by atoms with Crippen molar-refractivity contribution in [2.45, 2.75) is 226 Å². The first kappa shape index (κ1) is 44.9. The number of carbonyl (C=O) groups is 2. The molecule has 0 aliphatic heterocycles. The summed E-state index contributed by atoms with van der Waals surface area (Å²) in [6.07, 6.45) is 28.9. The van der Waals surface area contributed by atoms with Crippen LogP contribution in [0.4, 0.5) is 0 Å². The highest BCUT2D eigenvalue weighted by Crippen LogP contribution is 2.23. The molecule has 0 aromatic rings. The molecular formula is C40H78O6. The molecule has 0 spiro atoms. The second kappa shape index (κ2) is 30.0. The summed E-state index contributed by atoms with van der Waals surface area (Å²) in [7, 11) is 1.71. The zero-order valence-electron chi connectivity index (χ0n) is 31.8. The monoisotopic (exact) mass is 655 g/mol. The maximum atomic E-state index is 12.8. The van der Waals surface area contributed by atoms with Crippen molar-refractivity contribution in [1.82, 2.24) is 0 Å². The van der Waals surface area contributed by atoms with Crippen LogP contribution in [0.3, 0.4) is 0 Å². The summed E-state index contributed by atoms with van der Waals surface area (Å²) >= 11 is 0. The van der Waals surface area contributed by atoms with E-state index in [9.17, 15) is 9.59 Å². The van der Waals surface area contributed by atoms with E-state index in [1.807, 2.05) is 27.7 Å². The zero-order chi connectivity index (χ0) is 34.4. The Morgan fingerprint density at radius 3 is 1.35 bits per heavy atom. The maximum Gasteiger partial charge on any atom is 0.306 e. The van der Waals surface area contributed by atoms with Crippen LogP contribution in [0.15, 0.2) is 0 Å². The van der Waals surface area contributed by atoms with Crippen LogP contribution in [0.25, 0.3) is 0 Å². The SMILES string of the molecule is CCCCCCCCCCCCCC(=O)OCC(CC(C)(C)OCCC(C)(C)OC)OC(=O)CCCCCCCCCCCCC. The van der Waals surface area contributed by atoms with Crippen LogP contribution >= 0.6 is 0 Å². The van der Waals surface area contributed by atoms with Gasteiger partial charge in [0.05, 0.1) is 17.8 Å². The average molecular weight is 655 g/mol. The Bertz CT molecular complexity index is 704. The van der Waals surface area contributed by atoms with E-state index in [0.717, 1.165) is 32.1 Å².